The second-order valence-electron chi connectivity index (χ2n) is 3.00. The van der Waals surface area contributed by atoms with Crippen LogP contribution in [-0.2, 0) is 4.74 Å². The van der Waals surface area contributed by atoms with Gasteiger partial charge in [-0.05, 0) is 18.2 Å². The van der Waals surface area contributed by atoms with Gasteiger partial charge < -0.3 is 4.74 Å². The number of hydrogen-bond acceptors (Lipinski definition) is 3. The molecule has 0 radical (unpaired) electrons. The van der Waals surface area contributed by atoms with Crippen molar-refractivity contribution in [1.29, 1.82) is 0 Å². The molecule has 0 saturated carbocycles. The maximum absolute atomic E-state index is 11.7. The van der Waals surface area contributed by atoms with Crippen LogP contribution in [0.25, 0.3) is 0 Å². The first-order chi connectivity index (χ1) is 7.25. The Morgan fingerprint density at radius 1 is 1.53 bits per heavy atom. The molecule has 1 aromatic carbocycles. The Kier molecular flexibility index (Phi) is 3.01. The third-order valence-electron chi connectivity index (χ3n) is 1.89. The number of halogens is 1. The lowest BCUT2D eigenvalue weighted by molar-refractivity contribution is 0.0968. The molecule has 0 aliphatic carbocycles. The number of nitrogens with one attached hydrogen (secondary N) is 1. The third-order valence-corrected chi connectivity index (χ3v) is 2.39. The lowest BCUT2D eigenvalue weighted by Gasteiger charge is -2.04. The predicted octanol–water partition coefficient (Wildman–Crippen LogP) is 1.57. The maximum Gasteiger partial charge on any atom is 0.291 e. The number of benzene rings is 1. The maximum atomic E-state index is 11.7. The molecule has 2 rings (SSSR count). The van der Waals surface area contributed by atoms with Crippen molar-refractivity contribution in [1.82, 2.24) is 5.32 Å². The number of ether oxygens (including phenoxy) is 1. The van der Waals surface area contributed by atoms with Crippen molar-refractivity contribution in [3.8, 4) is 0 Å². The van der Waals surface area contributed by atoms with E-state index in [1.165, 1.54) is 0 Å². The zero-order valence-corrected chi connectivity index (χ0v) is 9.45. The van der Waals surface area contributed by atoms with Gasteiger partial charge in [-0.2, -0.15) is 0 Å². The Labute approximate surface area is 95.5 Å². The summed E-state index contributed by atoms with van der Waals surface area (Å²) in [6, 6.07) is 7.44. The number of rotatable bonds is 1. The Morgan fingerprint density at radius 3 is 3.07 bits per heavy atom. The minimum absolute atomic E-state index is 0.211. The second-order valence-corrected chi connectivity index (χ2v) is 3.92. The minimum atomic E-state index is -0.211. The minimum Gasteiger partial charge on any atom is -0.463 e. The number of carbonyl (C=O) groups excluding carboxylic acids is 1. The lowest BCUT2D eigenvalue weighted by Crippen LogP contribution is -2.30. The van der Waals surface area contributed by atoms with Crippen LogP contribution < -0.4 is 5.32 Å². The van der Waals surface area contributed by atoms with Crippen LogP contribution in [0.4, 0.5) is 0 Å². The van der Waals surface area contributed by atoms with Crippen molar-refractivity contribution in [2.24, 2.45) is 4.99 Å². The monoisotopic (exact) mass is 268 g/mol. The number of nitrogens with zero attached hydrogens (tertiary/aromatic N) is 1. The SMILES string of the molecule is O=C(NC1=NCCO1)c1cccc(Br)c1. The molecule has 0 fully saturated rings. The van der Waals surface area contributed by atoms with Gasteiger partial charge in [-0.3, -0.25) is 10.1 Å². The molecule has 0 saturated heterocycles. The van der Waals surface area contributed by atoms with Crippen LogP contribution in [0.15, 0.2) is 33.7 Å². The van der Waals surface area contributed by atoms with Crippen molar-refractivity contribution in [3.63, 3.8) is 0 Å². The summed E-state index contributed by atoms with van der Waals surface area (Å²) in [5, 5.41) is 2.59. The standard InChI is InChI=1S/C10H9BrN2O2/c11-8-3-1-2-7(6-8)9(14)13-10-12-4-5-15-10/h1-3,6H,4-5H2,(H,12,13,14). The summed E-state index contributed by atoms with van der Waals surface area (Å²) in [4.78, 5) is 15.6. The highest BCUT2D eigenvalue weighted by Gasteiger charge is 2.12. The van der Waals surface area contributed by atoms with Gasteiger partial charge in [-0.15, -0.1) is 0 Å². The van der Waals surface area contributed by atoms with Gasteiger partial charge in [0.15, 0.2) is 0 Å². The molecule has 0 aromatic heterocycles. The second kappa shape index (κ2) is 4.44. The highest BCUT2D eigenvalue weighted by Crippen LogP contribution is 2.11. The summed E-state index contributed by atoms with van der Waals surface area (Å²) < 4.78 is 5.95. The molecule has 1 N–H and O–H groups in total. The van der Waals surface area contributed by atoms with Crippen LogP contribution in [0.3, 0.4) is 0 Å². The molecule has 1 heterocycles. The Hall–Kier alpha value is -1.36. The number of hydrogen-bond donors (Lipinski definition) is 1. The molecule has 1 aliphatic rings. The van der Waals surface area contributed by atoms with E-state index >= 15 is 0 Å². The molecule has 1 amide bonds. The van der Waals surface area contributed by atoms with Crippen molar-refractivity contribution in [2.75, 3.05) is 13.2 Å². The van der Waals surface area contributed by atoms with Crippen LogP contribution in [0.5, 0.6) is 0 Å². The Bertz CT molecular complexity index is 418. The van der Waals surface area contributed by atoms with E-state index < -0.39 is 0 Å². The third kappa shape index (κ3) is 2.56. The van der Waals surface area contributed by atoms with Crippen LogP contribution >= 0.6 is 15.9 Å². The molecule has 1 aromatic rings. The number of carbonyl (C=O) groups is 1. The molecule has 1 aliphatic heterocycles. The molecule has 0 atom stereocenters. The summed E-state index contributed by atoms with van der Waals surface area (Å²) >= 11 is 3.30. The van der Waals surface area contributed by atoms with Gasteiger partial charge in [0, 0.05) is 10.0 Å². The van der Waals surface area contributed by atoms with Gasteiger partial charge >= 0.3 is 0 Å². The molecular weight excluding hydrogens is 260 g/mol. The fraction of sp³-hybridized carbons (Fsp3) is 0.200. The van der Waals surface area contributed by atoms with Crippen LogP contribution in [0.1, 0.15) is 10.4 Å². The molecule has 4 nitrogen and oxygen atoms in total. The summed E-state index contributed by atoms with van der Waals surface area (Å²) in [5.74, 6) is -0.211. The van der Waals surface area contributed by atoms with Crippen LogP contribution in [-0.4, -0.2) is 25.1 Å². The van der Waals surface area contributed by atoms with E-state index in [1.54, 1.807) is 18.2 Å². The van der Waals surface area contributed by atoms with Crippen molar-refractivity contribution >= 4 is 27.9 Å². The summed E-state index contributed by atoms with van der Waals surface area (Å²) in [6.07, 6.45) is 0. The quantitative estimate of drug-likeness (QED) is 0.841. The first-order valence-electron chi connectivity index (χ1n) is 4.50. The average Bonchev–Trinajstić information content (AvgIpc) is 2.70. The molecule has 0 bridgehead atoms. The van der Waals surface area contributed by atoms with Crippen LogP contribution in [0.2, 0.25) is 0 Å². The zero-order chi connectivity index (χ0) is 10.7. The van der Waals surface area contributed by atoms with E-state index in [0.717, 1.165) is 4.47 Å². The number of aliphatic imine (C=N–C) groups is 1. The molecule has 15 heavy (non-hydrogen) atoms. The average molecular weight is 269 g/mol. The van der Waals surface area contributed by atoms with Crippen LogP contribution in [0, 0.1) is 0 Å². The zero-order valence-electron chi connectivity index (χ0n) is 7.87. The van der Waals surface area contributed by atoms with E-state index in [4.69, 9.17) is 4.74 Å². The molecule has 0 unspecified atom stereocenters. The van der Waals surface area contributed by atoms with Crippen molar-refractivity contribution in [3.05, 3.63) is 34.3 Å². The molecule has 0 spiro atoms. The fourth-order valence-corrected chi connectivity index (χ4v) is 1.61. The van der Waals surface area contributed by atoms with Gasteiger partial charge in [0.2, 0.25) is 0 Å². The van der Waals surface area contributed by atoms with Gasteiger partial charge in [0.25, 0.3) is 11.9 Å². The van der Waals surface area contributed by atoms with Crippen molar-refractivity contribution < 1.29 is 9.53 Å². The Balaban J connectivity index is 2.07. The molecule has 5 heteroatoms. The van der Waals surface area contributed by atoms with Gasteiger partial charge in [0.05, 0.1) is 6.54 Å². The summed E-state index contributed by atoms with van der Waals surface area (Å²) in [5.41, 5.74) is 0.572. The molecular formula is C10H9BrN2O2. The normalized spacial score (nSPS) is 14.3. The van der Waals surface area contributed by atoms with Gasteiger partial charge in [-0.25, -0.2) is 4.99 Å². The lowest BCUT2D eigenvalue weighted by atomic mass is 10.2. The summed E-state index contributed by atoms with van der Waals surface area (Å²) in [6.45, 7) is 1.14. The predicted molar refractivity (Wildman–Crippen MR) is 59.9 cm³/mol. The van der Waals surface area contributed by atoms with Crippen molar-refractivity contribution in [2.45, 2.75) is 0 Å². The Morgan fingerprint density at radius 2 is 2.40 bits per heavy atom. The first kappa shape index (κ1) is 10.2. The number of amides is 1. The highest BCUT2D eigenvalue weighted by molar-refractivity contribution is 9.10. The van der Waals surface area contributed by atoms with E-state index in [1.807, 2.05) is 6.07 Å². The van der Waals surface area contributed by atoms with E-state index in [2.05, 4.69) is 26.2 Å². The van der Waals surface area contributed by atoms with E-state index in [0.29, 0.717) is 24.7 Å². The molecule has 78 valence electrons. The van der Waals surface area contributed by atoms with E-state index in [-0.39, 0.29) is 5.91 Å². The van der Waals surface area contributed by atoms with Gasteiger partial charge in [-0.1, -0.05) is 22.0 Å². The number of amidine groups is 1. The largest absolute Gasteiger partial charge is 0.463 e. The smallest absolute Gasteiger partial charge is 0.291 e. The summed E-state index contributed by atoms with van der Waals surface area (Å²) in [7, 11) is 0. The topological polar surface area (TPSA) is 50.7 Å². The highest BCUT2D eigenvalue weighted by atomic mass is 79.9. The van der Waals surface area contributed by atoms with E-state index in [9.17, 15) is 4.79 Å². The van der Waals surface area contributed by atoms with Gasteiger partial charge in [0.1, 0.15) is 6.61 Å². The first-order valence-corrected chi connectivity index (χ1v) is 5.29. The fourth-order valence-electron chi connectivity index (χ4n) is 1.21.